The predicted octanol–water partition coefficient (Wildman–Crippen LogP) is 4.31. The van der Waals surface area contributed by atoms with E-state index in [0.29, 0.717) is 5.75 Å². The van der Waals surface area contributed by atoms with Crippen LogP contribution in [0.2, 0.25) is 0 Å². The van der Waals surface area contributed by atoms with Crippen molar-refractivity contribution in [3.8, 4) is 5.75 Å². The fraction of sp³-hybridized carbons (Fsp3) is 0.235. The maximum absolute atomic E-state index is 10.8. The van der Waals surface area contributed by atoms with Crippen LogP contribution in [0, 0.1) is 0 Å². The Bertz CT molecular complexity index is 546. The van der Waals surface area contributed by atoms with Crippen LogP contribution in [0.4, 0.5) is 0 Å². The van der Waals surface area contributed by atoms with E-state index in [0.717, 1.165) is 18.4 Å². The van der Waals surface area contributed by atoms with Crippen molar-refractivity contribution in [3.63, 3.8) is 0 Å². The minimum Gasteiger partial charge on any atom is -0.486 e. The predicted molar refractivity (Wildman–Crippen MR) is 78.1 cm³/mol. The largest absolute Gasteiger partial charge is 0.486 e. The Kier molecular flexibility index (Phi) is 4.77. The molecule has 0 amide bonds. The highest BCUT2D eigenvalue weighted by Crippen LogP contribution is 2.26. The zero-order chi connectivity index (χ0) is 14.4. The van der Waals surface area contributed by atoms with Gasteiger partial charge in [-0.3, -0.25) is 0 Å². The number of carboxylic acids is 1. The number of hydrogen-bond acceptors (Lipinski definition) is 2. The third kappa shape index (κ3) is 3.60. The van der Waals surface area contributed by atoms with Gasteiger partial charge in [-0.15, -0.1) is 0 Å². The monoisotopic (exact) mass is 270 g/mol. The first-order valence-electron chi connectivity index (χ1n) is 6.75. The van der Waals surface area contributed by atoms with Gasteiger partial charge in [-0.25, -0.2) is 4.79 Å². The molecule has 0 aliphatic heterocycles. The molecular weight excluding hydrogens is 252 g/mol. The first-order valence-corrected chi connectivity index (χ1v) is 6.75. The van der Waals surface area contributed by atoms with Crippen LogP contribution in [0.25, 0.3) is 0 Å². The second kappa shape index (κ2) is 6.75. The Morgan fingerprint density at radius 3 is 2.30 bits per heavy atom. The molecule has 20 heavy (non-hydrogen) atoms. The molecule has 104 valence electrons. The number of carbonyl (C=O) groups is 1. The van der Waals surface area contributed by atoms with Crippen molar-refractivity contribution < 1.29 is 14.6 Å². The molecule has 1 atom stereocenters. The molecule has 0 aliphatic rings. The summed E-state index contributed by atoms with van der Waals surface area (Å²) in [4.78, 5) is 10.8. The molecule has 2 rings (SSSR count). The van der Waals surface area contributed by atoms with Crippen LogP contribution >= 0.6 is 0 Å². The van der Waals surface area contributed by atoms with Crippen LogP contribution < -0.4 is 4.74 Å². The van der Waals surface area contributed by atoms with Gasteiger partial charge in [-0.05, 0) is 36.2 Å². The van der Waals surface area contributed by atoms with Crippen LogP contribution in [-0.4, -0.2) is 11.1 Å². The highest BCUT2D eigenvalue weighted by atomic mass is 16.5. The summed E-state index contributed by atoms with van der Waals surface area (Å²) in [5.41, 5.74) is 1.40. The highest BCUT2D eigenvalue weighted by Gasteiger charge is 2.12. The first-order chi connectivity index (χ1) is 9.70. The Balaban J connectivity index is 2.14. The van der Waals surface area contributed by atoms with Gasteiger partial charge in [-0.2, -0.15) is 0 Å². The molecule has 0 aromatic heterocycles. The summed E-state index contributed by atoms with van der Waals surface area (Å²) in [6.07, 6.45) is 1.94. The number of rotatable bonds is 6. The Labute approximate surface area is 118 Å². The van der Waals surface area contributed by atoms with Crippen molar-refractivity contribution in [1.82, 2.24) is 0 Å². The lowest BCUT2D eigenvalue weighted by Crippen LogP contribution is -2.07. The summed E-state index contributed by atoms with van der Waals surface area (Å²) in [6.45, 7) is 2.12. The van der Waals surface area contributed by atoms with Crippen molar-refractivity contribution >= 4 is 5.97 Å². The summed E-state index contributed by atoms with van der Waals surface area (Å²) < 4.78 is 5.98. The van der Waals surface area contributed by atoms with Gasteiger partial charge in [0, 0.05) is 0 Å². The standard InChI is InChI=1S/C17H18O3/c1-2-6-16(13-7-4-3-5-8-13)20-15-11-9-14(10-12-15)17(18)19/h3-5,7-12,16H,2,6H2,1H3,(H,18,19). The van der Waals surface area contributed by atoms with Gasteiger partial charge in [0.25, 0.3) is 0 Å². The fourth-order valence-corrected chi connectivity index (χ4v) is 2.06. The quantitative estimate of drug-likeness (QED) is 0.851. The maximum Gasteiger partial charge on any atom is 0.335 e. The van der Waals surface area contributed by atoms with Crippen LogP contribution in [-0.2, 0) is 0 Å². The summed E-state index contributed by atoms with van der Waals surface area (Å²) in [5, 5.41) is 8.88. The van der Waals surface area contributed by atoms with E-state index >= 15 is 0 Å². The topological polar surface area (TPSA) is 46.5 Å². The van der Waals surface area contributed by atoms with Crippen LogP contribution in [0.15, 0.2) is 54.6 Å². The molecule has 0 bridgehead atoms. The van der Waals surface area contributed by atoms with Gasteiger partial charge in [0.1, 0.15) is 11.9 Å². The molecule has 0 saturated heterocycles. The van der Waals surface area contributed by atoms with Crippen molar-refractivity contribution in [1.29, 1.82) is 0 Å². The third-order valence-electron chi connectivity index (χ3n) is 3.10. The van der Waals surface area contributed by atoms with Gasteiger partial charge < -0.3 is 9.84 Å². The van der Waals surface area contributed by atoms with E-state index in [4.69, 9.17) is 9.84 Å². The Hall–Kier alpha value is -2.29. The smallest absolute Gasteiger partial charge is 0.335 e. The summed E-state index contributed by atoms with van der Waals surface area (Å²) in [5.74, 6) is -0.234. The normalized spacial score (nSPS) is 11.8. The van der Waals surface area contributed by atoms with Gasteiger partial charge in [0.15, 0.2) is 0 Å². The lowest BCUT2D eigenvalue weighted by Gasteiger charge is -2.19. The van der Waals surface area contributed by atoms with E-state index in [9.17, 15) is 4.79 Å². The molecule has 0 saturated carbocycles. The zero-order valence-electron chi connectivity index (χ0n) is 11.5. The molecule has 0 radical (unpaired) electrons. The molecule has 3 heteroatoms. The lowest BCUT2D eigenvalue weighted by molar-refractivity contribution is 0.0697. The maximum atomic E-state index is 10.8. The van der Waals surface area contributed by atoms with E-state index in [1.807, 2.05) is 30.3 Å². The molecule has 0 aliphatic carbocycles. The minimum atomic E-state index is -0.926. The number of benzene rings is 2. The summed E-state index contributed by atoms with van der Waals surface area (Å²) >= 11 is 0. The minimum absolute atomic E-state index is 0.00289. The van der Waals surface area contributed by atoms with Crippen molar-refractivity contribution in [3.05, 3.63) is 65.7 Å². The summed E-state index contributed by atoms with van der Waals surface area (Å²) in [6, 6.07) is 16.6. The molecule has 0 spiro atoms. The van der Waals surface area contributed by atoms with Gasteiger partial charge >= 0.3 is 5.97 Å². The second-order valence-corrected chi connectivity index (χ2v) is 4.64. The van der Waals surface area contributed by atoms with E-state index < -0.39 is 5.97 Å². The van der Waals surface area contributed by atoms with Crippen LogP contribution in [0.5, 0.6) is 5.75 Å². The Morgan fingerprint density at radius 1 is 1.10 bits per heavy atom. The van der Waals surface area contributed by atoms with Gasteiger partial charge in [-0.1, -0.05) is 43.7 Å². The fourth-order valence-electron chi connectivity index (χ4n) is 2.06. The van der Waals surface area contributed by atoms with Crippen LogP contribution in [0.3, 0.4) is 0 Å². The average molecular weight is 270 g/mol. The molecule has 2 aromatic carbocycles. The van der Waals surface area contributed by atoms with E-state index in [1.54, 1.807) is 24.3 Å². The highest BCUT2D eigenvalue weighted by molar-refractivity contribution is 5.87. The third-order valence-corrected chi connectivity index (χ3v) is 3.10. The molecule has 0 fully saturated rings. The van der Waals surface area contributed by atoms with Crippen molar-refractivity contribution in [2.75, 3.05) is 0 Å². The molecule has 3 nitrogen and oxygen atoms in total. The lowest BCUT2D eigenvalue weighted by atomic mass is 10.1. The summed E-state index contributed by atoms with van der Waals surface area (Å²) in [7, 11) is 0. The Morgan fingerprint density at radius 2 is 1.75 bits per heavy atom. The van der Waals surface area contributed by atoms with Crippen molar-refractivity contribution in [2.45, 2.75) is 25.9 Å². The molecule has 0 heterocycles. The van der Waals surface area contributed by atoms with Gasteiger partial charge in [0.2, 0.25) is 0 Å². The molecular formula is C17H18O3. The van der Waals surface area contributed by atoms with Crippen LogP contribution in [0.1, 0.15) is 41.8 Å². The average Bonchev–Trinajstić information content (AvgIpc) is 2.48. The number of hydrogen-bond donors (Lipinski definition) is 1. The SMILES string of the molecule is CCCC(Oc1ccc(C(=O)O)cc1)c1ccccc1. The van der Waals surface area contributed by atoms with Crippen molar-refractivity contribution in [2.24, 2.45) is 0 Å². The molecule has 2 aromatic rings. The zero-order valence-corrected chi connectivity index (χ0v) is 11.5. The van der Waals surface area contributed by atoms with Gasteiger partial charge in [0.05, 0.1) is 5.56 Å². The number of carboxylic acid groups (broad SMARTS) is 1. The number of aromatic carboxylic acids is 1. The van der Waals surface area contributed by atoms with E-state index in [2.05, 4.69) is 6.92 Å². The van der Waals surface area contributed by atoms with E-state index in [-0.39, 0.29) is 11.7 Å². The second-order valence-electron chi connectivity index (χ2n) is 4.64. The number of ether oxygens (including phenoxy) is 1. The van der Waals surface area contributed by atoms with E-state index in [1.165, 1.54) is 0 Å². The molecule has 1 N–H and O–H groups in total. The first kappa shape index (κ1) is 14.1. The molecule has 1 unspecified atom stereocenters.